The van der Waals surface area contributed by atoms with Crippen LogP contribution in [0.3, 0.4) is 0 Å². The Morgan fingerprint density at radius 3 is 2.27 bits per heavy atom. The average Bonchev–Trinajstić information content (AvgIpc) is 2.68. The number of anilines is 1. The number of amides is 1. The molecule has 2 N–H and O–H groups in total. The molecule has 0 bridgehead atoms. The standard InChI is InChI=1S/C23H17NO2/c25-20-13-12-17-14-19(11-10-18(17)15-20)23(26)24-22-9-5-4-8-21(22)16-6-2-1-3-7-16/h1-15,25H,(H,24,26). The van der Waals surface area contributed by atoms with Gasteiger partial charge in [0.05, 0.1) is 0 Å². The minimum Gasteiger partial charge on any atom is -0.508 e. The molecule has 0 heterocycles. The minimum atomic E-state index is -0.164. The third-order valence-electron chi connectivity index (χ3n) is 4.35. The lowest BCUT2D eigenvalue weighted by Gasteiger charge is -2.12. The van der Waals surface area contributed by atoms with Crippen LogP contribution in [0.5, 0.6) is 5.75 Å². The van der Waals surface area contributed by atoms with E-state index in [4.69, 9.17) is 0 Å². The largest absolute Gasteiger partial charge is 0.508 e. The van der Waals surface area contributed by atoms with Gasteiger partial charge >= 0.3 is 0 Å². The van der Waals surface area contributed by atoms with E-state index in [0.717, 1.165) is 27.6 Å². The maximum absolute atomic E-state index is 12.7. The van der Waals surface area contributed by atoms with Crippen molar-refractivity contribution < 1.29 is 9.90 Å². The summed E-state index contributed by atoms with van der Waals surface area (Å²) in [4.78, 5) is 12.7. The molecule has 0 unspecified atom stereocenters. The Bertz CT molecular complexity index is 1090. The number of nitrogens with one attached hydrogen (secondary N) is 1. The number of rotatable bonds is 3. The molecule has 0 fully saturated rings. The van der Waals surface area contributed by atoms with Gasteiger partial charge in [-0.05, 0) is 46.7 Å². The predicted molar refractivity (Wildman–Crippen MR) is 105 cm³/mol. The molecule has 0 aromatic heterocycles. The molecule has 3 heteroatoms. The lowest BCUT2D eigenvalue weighted by atomic mass is 10.0. The van der Waals surface area contributed by atoms with Crippen LogP contribution < -0.4 is 5.32 Å². The summed E-state index contributed by atoms with van der Waals surface area (Å²) >= 11 is 0. The van der Waals surface area contributed by atoms with Crippen LogP contribution in [0.2, 0.25) is 0 Å². The van der Waals surface area contributed by atoms with E-state index in [1.165, 1.54) is 0 Å². The van der Waals surface area contributed by atoms with Gasteiger partial charge in [-0.25, -0.2) is 0 Å². The second kappa shape index (κ2) is 6.73. The molecule has 0 aliphatic rings. The van der Waals surface area contributed by atoms with Gasteiger partial charge < -0.3 is 10.4 Å². The van der Waals surface area contributed by atoms with Crippen molar-refractivity contribution in [3.8, 4) is 16.9 Å². The maximum Gasteiger partial charge on any atom is 0.255 e. The molecule has 26 heavy (non-hydrogen) atoms. The third kappa shape index (κ3) is 3.15. The van der Waals surface area contributed by atoms with Crippen LogP contribution in [0.1, 0.15) is 10.4 Å². The second-order valence-corrected chi connectivity index (χ2v) is 6.11. The average molecular weight is 339 g/mol. The number of phenols is 1. The molecule has 0 atom stereocenters. The number of carbonyl (C=O) groups excluding carboxylic acids is 1. The van der Waals surface area contributed by atoms with Crippen molar-refractivity contribution in [2.24, 2.45) is 0 Å². The van der Waals surface area contributed by atoms with Crippen LogP contribution in [-0.2, 0) is 0 Å². The van der Waals surface area contributed by atoms with E-state index in [9.17, 15) is 9.90 Å². The van der Waals surface area contributed by atoms with Crippen LogP contribution in [0.4, 0.5) is 5.69 Å². The van der Waals surface area contributed by atoms with Crippen LogP contribution in [0.25, 0.3) is 21.9 Å². The van der Waals surface area contributed by atoms with E-state index >= 15 is 0 Å². The summed E-state index contributed by atoms with van der Waals surface area (Å²) in [5, 5.41) is 14.4. The highest BCUT2D eigenvalue weighted by Gasteiger charge is 2.11. The molecular formula is C23H17NO2. The first-order valence-electron chi connectivity index (χ1n) is 8.39. The lowest BCUT2D eigenvalue weighted by Crippen LogP contribution is -2.12. The third-order valence-corrected chi connectivity index (χ3v) is 4.35. The fraction of sp³-hybridized carbons (Fsp3) is 0. The molecule has 1 amide bonds. The SMILES string of the molecule is O=C(Nc1ccccc1-c1ccccc1)c1ccc2cc(O)ccc2c1. The van der Waals surface area contributed by atoms with Crippen LogP contribution >= 0.6 is 0 Å². The zero-order chi connectivity index (χ0) is 17.9. The molecule has 0 spiro atoms. The van der Waals surface area contributed by atoms with Crippen molar-refractivity contribution >= 4 is 22.4 Å². The summed E-state index contributed by atoms with van der Waals surface area (Å²) in [5.41, 5.74) is 3.38. The first-order valence-corrected chi connectivity index (χ1v) is 8.39. The number of hydrogen-bond acceptors (Lipinski definition) is 2. The number of benzene rings is 4. The monoisotopic (exact) mass is 339 g/mol. The highest BCUT2D eigenvalue weighted by atomic mass is 16.3. The quantitative estimate of drug-likeness (QED) is 0.520. The van der Waals surface area contributed by atoms with Gasteiger partial charge in [0, 0.05) is 16.8 Å². The van der Waals surface area contributed by atoms with Crippen molar-refractivity contribution in [2.45, 2.75) is 0 Å². The predicted octanol–water partition coefficient (Wildman–Crippen LogP) is 5.46. The molecule has 3 nitrogen and oxygen atoms in total. The molecule has 0 saturated heterocycles. The summed E-state index contributed by atoms with van der Waals surface area (Å²) < 4.78 is 0. The first kappa shape index (κ1) is 15.9. The van der Waals surface area contributed by atoms with Crippen molar-refractivity contribution in [1.82, 2.24) is 0 Å². The Morgan fingerprint density at radius 2 is 1.42 bits per heavy atom. The molecule has 4 aromatic rings. The Kier molecular flexibility index (Phi) is 4.12. The number of aromatic hydroxyl groups is 1. The van der Waals surface area contributed by atoms with Gasteiger partial charge in [-0.2, -0.15) is 0 Å². The molecule has 0 saturated carbocycles. The van der Waals surface area contributed by atoms with Crippen LogP contribution in [0, 0.1) is 0 Å². The van der Waals surface area contributed by atoms with Gasteiger partial charge in [-0.1, -0.05) is 60.7 Å². The van der Waals surface area contributed by atoms with Gasteiger partial charge in [0.25, 0.3) is 5.91 Å². The molecule has 4 aromatic carbocycles. The summed E-state index contributed by atoms with van der Waals surface area (Å²) in [6.45, 7) is 0. The molecule has 4 rings (SSSR count). The number of fused-ring (bicyclic) bond motifs is 1. The molecular weight excluding hydrogens is 322 g/mol. The summed E-state index contributed by atoms with van der Waals surface area (Å²) in [6, 6.07) is 28.3. The maximum atomic E-state index is 12.7. The number of phenolic OH excluding ortho intramolecular Hbond substituents is 1. The van der Waals surface area contributed by atoms with E-state index in [2.05, 4.69) is 5.32 Å². The summed E-state index contributed by atoms with van der Waals surface area (Å²) in [6.07, 6.45) is 0. The summed E-state index contributed by atoms with van der Waals surface area (Å²) in [5.74, 6) is 0.0508. The van der Waals surface area contributed by atoms with Crippen molar-refractivity contribution in [1.29, 1.82) is 0 Å². The van der Waals surface area contributed by atoms with E-state index in [1.807, 2.05) is 66.7 Å². The highest BCUT2D eigenvalue weighted by molar-refractivity contribution is 6.08. The Labute approximate surface area is 151 Å². The smallest absolute Gasteiger partial charge is 0.255 e. The zero-order valence-electron chi connectivity index (χ0n) is 14.0. The van der Waals surface area contributed by atoms with E-state index < -0.39 is 0 Å². The van der Waals surface area contributed by atoms with Crippen molar-refractivity contribution in [3.05, 3.63) is 96.6 Å². The fourth-order valence-corrected chi connectivity index (χ4v) is 3.03. The van der Waals surface area contributed by atoms with Crippen molar-refractivity contribution in [3.63, 3.8) is 0 Å². The molecule has 0 radical (unpaired) electrons. The van der Waals surface area contributed by atoms with Gasteiger partial charge in [-0.3, -0.25) is 4.79 Å². The molecule has 0 aliphatic heterocycles. The van der Waals surface area contributed by atoms with E-state index in [-0.39, 0.29) is 11.7 Å². The Morgan fingerprint density at radius 1 is 0.731 bits per heavy atom. The van der Waals surface area contributed by atoms with Gasteiger partial charge in [0.2, 0.25) is 0 Å². The Balaban J connectivity index is 1.66. The lowest BCUT2D eigenvalue weighted by molar-refractivity contribution is 0.102. The van der Waals surface area contributed by atoms with E-state index in [1.54, 1.807) is 24.3 Å². The normalized spacial score (nSPS) is 10.6. The molecule has 126 valence electrons. The zero-order valence-corrected chi connectivity index (χ0v) is 14.0. The van der Waals surface area contributed by atoms with Gasteiger partial charge in [0.1, 0.15) is 5.75 Å². The number of para-hydroxylation sites is 1. The van der Waals surface area contributed by atoms with Gasteiger partial charge in [-0.15, -0.1) is 0 Å². The van der Waals surface area contributed by atoms with Crippen molar-refractivity contribution in [2.75, 3.05) is 5.32 Å². The van der Waals surface area contributed by atoms with Crippen LogP contribution in [-0.4, -0.2) is 11.0 Å². The van der Waals surface area contributed by atoms with Gasteiger partial charge in [0.15, 0.2) is 0 Å². The minimum absolute atomic E-state index is 0.164. The highest BCUT2D eigenvalue weighted by Crippen LogP contribution is 2.28. The first-order chi connectivity index (χ1) is 12.7. The fourth-order valence-electron chi connectivity index (χ4n) is 3.03. The van der Waals surface area contributed by atoms with Crippen LogP contribution in [0.15, 0.2) is 91.0 Å². The molecule has 0 aliphatic carbocycles. The summed E-state index contributed by atoms with van der Waals surface area (Å²) in [7, 11) is 0. The topological polar surface area (TPSA) is 49.3 Å². The number of hydrogen-bond donors (Lipinski definition) is 2. The number of carbonyl (C=O) groups is 1. The van der Waals surface area contributed by atoms with E-state index in [0.29, 0.717) is 5.56 Å². The Hall–Kier alpha value is -3.59. The second-order valence-electron chi connectivity index (χ2n) is 6.11.